The van der Waals surface area contributed by atoms with Crippen LogP contribution in [0.15, 0.2) is 42.7 Å². The molecule has 19 heavy (non-hydrogen) atoms. The van der Waals surface area contributed by atoms with E-state index >= 15 is 0 Å². The first-order chi connectivity index (χ1) is 9.06. The number of rotatable bonds is 4. The summed E-state index contributed by atoms with van der Waals surface area (Å²) < 4.78 is 18.6. The molecular weight excluding hydrogens is 245 g/mol. The van der Waals surface area contributed by atoms with E-state index in [1.807, 2.05) is 13.8 Å². The van der Waals surface area contributed by atoms with E-state index in [-0.39, 0.29) is 6.10 Å². The summed E-state index contributed by atoms with van der Waals surface area (Å²) in [7, 11) is 0. The molecule has 0 aliphatic carbocycles. The molecule has 0 saturated carbocycles. The summed E-state index contributed by atoms with van der Waals surface area (Å²) in [5.41, 5.74) is 1.10. The average molecular weight is 261 g/mol. The molecule has 1 aromatic heterocycles. The smallest absolute Gasteiger partial charge is 0.141 e. The van der Waals surface area contributed by atoms with Crippen molar-refractivity contribution in [2.45, 2.75) is 26.1 Å². The fourth-order valence-corrected chi connectivity index (χ4v) is 1.77. The Hall–Kier alpha value is -1.94. The molecule has 4 heteroatoms. The number of aliphatic hydroxyl groups is 1. The number of ether oxygens (including phenoxy) is 1. The van der Waals surface area contributed by atoms with Crippen molar-refractivity contribution in [2.24, 2.45) is 0 Å². The van der Waals surface area contributed by atoms with Gasteiger partial charge in [0.2, 0.25) is 0 Å². The number of nitrogens with zero attached hydrogens (tertiary/aromatic N) is 1. The summed E-state index contributed by atoms with van der Waals surface area (Å²) in [6.45, 7) is 3.89. The van der Waals surface area contributed by atoms with Gasteiger partial charge < -0.3 is 9.84 Å². The Morgan fingerprint density at radius 3 is 2.37 bits per heavy atom. The third-order valence-electron chi connectivity index (χ3n) is 2.61. The van der Waals surface area contributed by atoms with Crippen molar-refractivity contribution >= 4 is 0 Å². The van der Waals surface area contributed by atoms with Gasteiger partial charge in [-0.25, -0.2) is 4.39 Å². The van der Waals surface area contributed by atoms with Gasteiger partial charge in [-0.15, -0.1) is 0 Å². The van der Waals surface area contributed by atoms with Crippen LogP contribution in [0.4, 0.5) is 4.39 Å². The van der Waals surface area contributed by atoms with Crippen molar-refractivity contribution in [3.05, 3.63) is 59.7 Å². The second-order valence-corrected chi connectivity index (χ2v) is 4.57. The van der Waals surface area contributed by atoms with Gasteiger partial charge in [0, 0.05) is 11.8 Å². The topological polar surface area (TPSA) is 42.4 Å². The van der Waals surface area contributed by atoms with E-state index in [2.05, 4.69) is 4.98 Å². The summed E-state index contributed by atoms with van der Waals surface area (Å²) in [5.74, 6) is 0.277. The summed E-state index contributed by atoms with van der Waals surface area (Å²) in [4.78, 5) is 3.73. The highest BCUT2D eigenvalue weighted by Crippen LogP contribution is 2.24. The molecule has 1 heterocycles. The molecule has 0 spiro atoms. The third-order valence-corrected chi connectivity index (χ3v) is 2.61. The summed E-state index contributed by atoms with van der Waals surface area (Å²) in [6, 6.07) is 8.35. The first-order valence-corrected chi connectivity index (χ1v) is 6.11. The van der Waals surface area contributed by atoms with Gasteiger partial charge in [-0.05, 0) is 37.6 Å². The van der Waals surface area contributed by atoms with Crippen molar-refractivity contribution in [1.29, 1.82) is 0 Å². The lowest BCUT2D eigenvalue weighted by Crippen LogP contribution is -2.06. The molecule has 0 saturated heterocycles. The van der Waals surface area contributed by atoms with Crippen LogP contribution < -0.4 is 4.74 Å². The lowest BCUT2D eigenvalue weighted by molar-refractivity contribution is 0.218. The van der Waals surface area contributed by atoms with Crippen molar-refractivity contribution in [1.82, 2.24) is 4.98 Å². The summed E-state index contributed by atoms with van der Waals surface area (Å²) in [6.07, 6.45) is 1.77. The van der Waals surface area contributed by atoms with Crippen LogP contribution in [-0.4, -0.2) is 16.2 Å². The highest BCUT2D eigenvalue weighted by Gasteiger charge is 2.11. The van der Waals surface area contributed by atoms with Crippen LogP contribution in [0, 0.1) is 5.82 Å². The first kappa shape index (κ1) is 13.5. The largest absolute Gasteiger partial charge is 0.491 e. The minimum absolute atomic E-state index is 0.100. The predicted molar refractivity (Wildman–Crippen MR) is 70.5 cm³/mol. The lowest BCUT2D eigenvalue weighted by Gasteiger charge is -2.13. The SMILES string of the molecule is CC(C)Oc1ccc(C(O)c2cncc(F)c2)cc1. The Morgan fingerprint density at radius 1 is 1.11 bits per heavy atom. The fraction of sp³-hybridized carbons (Fsp3) is 0.267. The molecule has 2 rings (SSSR count). The molecule has 1 aromatic carbocycles. The van der Waals surface area contributed by atoms with Gasteiger partial charge in [0.15, 0.2) is 0 Å². The Morgan fingerprint density at radius 2 is 1.79 bits per heavy atom. The van der Waals surface area contributed by atoms with E-state index in [0.717, 1.165) is 11.9 Å². The van der Waals surface area contributed by atoms with E-state index in [1.165, 1.54) is 12.3 Å². The standard InChI is InChI=1S/C15H16FNO2/c1-10(2)19-14-5-3-11(4-6-14)15(18)12-7-13(16)9-17-8-12/h3-10,15,18H,1-2H3. The Kier molecular flexibility index (Phi) is 4.12. The van der Waals surface area contributed by atoms with Crippen molar-refractivity contribution in [3.63, 3.8) is 0 Å². The minimum atomic E-state index is -0.892. The number of halogens is 1. The number of aromatic nitrogens is 1. The summed E-state index contributed by atoms with van der Waals surface area (Å²) >= 11 is 0. The molecule has 3 nitrogen and oxygen atoms in total. The van der Waals surface area contributed by atoms with Crippen LogP contribution in [0.25, 0.3) is 0 Å². The van der Waals surface area contributed by atoms with Crippen molar-refractivity contribution in [3.8, 4) is 5.75 Å². The van der Waals surface area contributed by atoms with Gasteiger partial charge in [0.05, 0.1) is 12.3 Å². The quantitative estimate of drug-likeness (QED) is 0.919. The Bertz CT molecular complexity index is 540. The van der Waals surface area contributed by atoms with Crippen LogP contribution in [0.5, 0.6) is 5.75 Å². The Labute approximate surface area is 111 Å². The molecule has 0 fully saturated rings. The van der Waals surface area contributed by atoms with Crippen LogP contribution in [0.2, 0.25) is 0 Å². The van der Waals surface area contributed by atoms with Gasteiger partial charge in [-0.3, -0.25) is 4.98 Å². The van der Waals surface area contributed by atoms with Crippen LogP contribution in [0.3, 0.4) is 0 Å². The van der Waals surface area contributed by atoms with E-state index in [1.54, 1.807) is 24.3 Å². The third kappa shape index (κ3) is 3.51. The normalized spacial score (nSPS) is 12.5. The molecule has 0 aliphatic rings. The molecule has 1 N–H and O–H groups in total. The van der Waals surface area contributed by atoms with Gasteiger partial charge in [-0.2, -0.15) is 0 Å². The molecule has 2 aromatic rings. The van der Waals surface area contributed by atoms with Crippen molar-refractivity contribution in [2.75, 3.05) is 0 Å². The number of hydrogen-bond acceptors (Lipinski definition) is 3. The maximum atomic E-state index is 13.1. The first-order valence-electron chi connectivity index (χ1n) is 6.11. The highest BCUT2D eigenvalue weighted by atomic mass is 19.1. The fourth-order valence-electron chi connectivity index (χ4n) is 1.77. The molecule has 0 aliphatic heterocycles. The number of pyridine rings is 1. The minimum Gasteiger partial charge on any atom is -0.491 e. The number of benzene rings is 1. The second kappa shape index (κ2) is 5.80. The number of hydrogen-bond donors (Lipinski definition) is 1. The van der Waals surface area contributed by atoms with Gasteiger partial charge in [0.25, 0.3) is 0 Å². The summed E-state index contributed by atoms with van der Waals surface area (Å²) in [5, 5.41) is 10.1. The van der Waals surface area contributed by atoms with E-state index in [9.17, 15) is 9.50 Å². The molecule has 100 valence electrons. The van der Waals surface area contributed by atoms with Crippen molar-refractivity contribution < 1.29 is 14.2 Å². The van der Waals surface area contributed by atoms with E-state index in [0.29, 0.717) is 11.1 Å². The molecule has 0 bridgehead atoms. The van der Waals surface area contributed by atoms with E-state index < -0.39 is 11.9 Å². The van der Waals surface area contributed by atoms with Gasteiger partial charge >= 0.3 is 0 Å². The monoisotopic (exact) mass is 261 g/mol. The molecular formula is C15H16FNO2. The molecule has 0 amide bonds. The molecule has 1 atom stereocenters. The maximum Gasteiger partial charge on any atom is 0.141 e. The zero-order valence-electron chi connectivity index (χ0n) is 10.9. The zero-order chi connectivity index (χ0) is 13.8. The molecule has 0 radical (unpaired) electrons. The average Bonchev–Trinajstić information content (AvgIpc) is 2.38. The van der Waals surface area contributed by atoms with E-state index in [4.69, 9.17) is 4.74 Å². The van der Waals surface area contributed by atoms with Crippen LogP contribution in [-0.2, 0) is 0 Å². The zero-order valence-corrected chi connectivity index (χ0v) is 10.9. The number of aliphatic hydroxyl groups excluding tert-OH is 1. The van der Waals surface area contributed by atoms with Gasteiger partial charge in [0.1, 0.15) is 17.7 Å². The lowest BCUT2D eigenvalue weighted by atomic mass is 10.0. The van der Waals surface area contributed by atoms with Crippen LogP contribution >= 0.6 is 0 Å². The predicted octanol–water partition coefficient (Wildman–Crippen LogP) is 3.09. The molecule has 1 unspecified atom stereocenters. The highest BCUT2D eigenvalue weighted by molar-refractivity contribution is 5.33. The Balaban J connectivity index is 2.17. The van der Waals surface area contributed by atoms with Crippen LogP contribution in [0.1, 0.15) is 31.1 Å². The maximum absolute atomic E-state index is 13.1. The second-order valence-electron chi connectivity index (χ2n) is 4.57. The van der Waals surface area contributed by atoms with Gasteiger partial charge in [-0.1, -0.05) is 12.1 Å².